The first-order chi connectivity index (χ1) is 14.4. The predicted octanol–water partition coefficient (Wildman–Crippen LogP) is 5.09. The molecule has 0 atom stereocenters. The fraction of sp³-hybridized carbons (Fsp3) is 0.269. The Bertz CT molecular complexity index is 823. The van der Waals surface area contributed by atoms with Gasteiger partial charge in [0.1, 0.15) is 5.60 Å². The number of hydrogen-bond acceptors (Lipinski definition) is 3. The lowest BCUT2D eigenvalue weighted by Crippen LogP contribution is -2.47. The lowest BCUT2D eigenvalue weighted by Gasteiger charge is -2.37. The fourth-order valence-electron chi connectivity index (χ4n) is 3.60. The molecule has 3 aromatic rings. The zero-order valence-electron chi connectivity index (χ0n) is 17.9. The van der Waals surface area contributed by atoms with Crippen LogP contribution in [0.2, 0.25) is 0 Å². The van der Waals surface area contributed by atoms with Crippen LogP contribution in [0.25, 0.3) is 0 Å². The summed E-state index contributed by atoms with van der Waals surface area (Å²) in [5, 5.41) is 6.57. The number of amides is 1. The van der Waals surface area contributed by atoms with Crippen LogP contribution in [0.5, 0.6) is 0 Å². The fourth-order valence-corrected chi connectivity index (χ4v) is 3.60. The average molecular weight is 403 g/mol. The summed E-state index contributed by atoms with van der Waals surface area (Å²) in [5.41, 5.74) is 2.36. The van der Waals surface area contributed by atoms with Crippen molar-refractivity contribution in [2.24, 2.45) is 0 Å². The zero-order valence-corrected chi connectivity index (χ0v) is 17.9. The normalized spacial score (nSPS) is 11.7. The SMILES string of the molecule is CC(C)(C)OC(=O)NCCNC(c1ccccc1)(c1ccccc1)c1ccccc1. The highest BCUT2D eigenvalue weighted by Crippen LogP contribution is 2.36. The molecular weight excluding hydrogens is 372 g/mol. The third-order valence-corrected chi connectivity index (χ3v) is 4.80. The molecule has 0 heterocycles. The van der Waals surface area contributed by atoms with Gasteiger partial charge in [-0.1, -0.05) is 91.0 Å². The molecule has 30 heavy (non-hydrogen) atoms. The Morgan fingerprint density at radius 1 is 0.700 bits per heavy atom. The number of alkyl carbamates (subject to hydrolysis) is 1. The Labute approximate surface area is 179 Å². The Kier molecular flexibility index (Phi) is 6.91. The van der Waals surface area contributed by atoms with Gasteiger partial charge in [-0.05, 0) is 37.5 Å². The summed E-state index contributed by atoms with van der Waals surface area (Å²) >= 11 is 0. The predicted molar refractivity (Wildman–Crippen MR) is 121 cm³/mol. The van der Waals surface area contributed by atoms with Crippen molar-refractivity contribution in [3.63, 3.8) is 0 Å². The van der Waals surface area contributed by atoms with Gasteiger partial charge in [-0.3, -0.25) is 5.32 Å². The molecule has 0 aliphatic rings. The van der Waals surface area contributed by atoms with Crippen LogP contribution in [0.1, 0.15) is 37.5 Å². The van der Waals surface area contributed by atoms with E-state index in [4.69, 9.17) is 4.74 Å². The van der Waals surface area contributed by atoms with E-state index in [9.17, 15) is 4.79 Å². The Hall–Kier alpha value is -3.11. The maximum absolute atomic E-state index is 12.0. The van der Waals surface area contributed by atoms with E-state index in [0.717, 1.165) is 16.7 Å². The lowest BCUT2D eigenvalue weighted by atomic mass is 9.77. The van der Waals surface area contributed by atoms with Crippen molar-refractivity contribution in [1.82, 2.24) is 10.6 Å². The van der Waals surface area contributed by atoms with Gasteiger partial charge < -0.3 is 10.1 Å². The van der Waals surface area contributed by atoms with E-state index in [0.29, 0.717) is 13.1 Å². The van der Waals surface area contributed by atoms with Gasteiger partial charge in [0.05, 0.1) is 5.54 Å². The molecule has 0 saturated carbocycles. The quantitative estimate of drug-likeness (QED) is 0.427. The van der Waals surface area contributed by atoms with Crippen LogP contribution in [-0.4, -0.2) is 24.8 Å². The zero-order chi connectivity index (χ0) is 21.5. The van der Waals surface area contributed by atoms with E-state index in [1.807, 2.05) is 39.0 Å². The van der Waals surface area contributed by atoms with Gasteiger partial charge in [0.2, 0.25) is 0 Å². The van der Waals surface area contributed by atoms with Gasteiger partial charge in [0, 0.05) is 13.1 Å². The molecule has 0 spiro atoms. The van der Waals surface area contributed by atoms with Crippen LogP contribution in [0.3, 0.4) is 0 Å². The van der Waals surface area contributed by atoms with E-state index >= 15 is 0 Å². The summed E-state index contributed by atoms with van der Waals surface area (Å²) in [6.45, 7) is 6.59. The third kappa shape index (κ3) is 5.28. The Balaban J connectivity index is 1.91. The molecule has 0 saturated heterocycles. The second-order valence-electron chi connectivity index (χ2n) is 8.20. The molecule has 3 aromatic carbocycles. The average Bonchev–Trinajstić information content (AvgIpc) is 2.75. The molecule has 4 heteroatoms. The summed E-state index contributed by atoms with van der Waals surface area (Å²) in [7, 11) is 0. The first-order valence-corrected chi connectivity index (χ1v) is 10.3. The van der Waals surface area contributed by atoms with E-state index in [-0.39, 0.29) is 0 Å². The molecule has 0 aliphatic heterocycles. The highest BCUT2D eigenvalue weighted by molar-refractivity contribution is 5.67. The molecule has 0 aromatic heterocycles. The molecule has 0 bridgehead atoms. The van der Waals surface area contributed by atoms with Crippen LogP contribution in [-0.2, 0) is 10.3 Å². The van der Waals surface area contributed by atoms with Gasteiger partial charge in [-0.25, -0.2) is 4.79 Å². The first kappa shape index (κ1) is 21.6. The summed E-state index contributed by atoms with van der Waals surface area (Å²) in [6, 6.07) is 31.2. The van der Waals surface area contributed by atoms with E-state index < -0.39 is 17.2 Å². The smallest absolute Gasteiger partial charge is 0.407 e. The second kappa shape index (κ2) is 9.59. The van der Waals surface area contributed by atoms with Gasteiger partial charge in [0.25, 0.3) is 0 Å². The molecule has 1 amide bonds. The van der Waals surface area contributed by atoms with Gasteiger partial charge in [-0.15, -0.1) is 0 Å². The molecule has 0 aliphatic carbocycles. The van der Waals surface area contributed by atoms with Crippen molar-refractivity contribution in [2.45, 2.75) is 31.9 Å². The van der Waals surface area contributed by atoms with Crippen LogP contribution < -0.4 is 10.6 Å². The summed E-state index contributed by atoms with van der Waals surface area (Å²) < 4.78 is 5.35. The first-order valence-electron chi connectivity index (χ1n) is 10.3. The highest BCUT2D eigenvalue weighted by atomic mass is 16.6. The number of carbonyl (C=O) groups is 1. The molecule has 4 nitrogen and oxygen atoms in total. The molecule has 0 fully saturated rings. The highest BCUT2D eigenvalue weighted by Gasteiger charge is 2.35. The van der Waals surface area contributed by atoms with Crippen molar-refractivity contribution in [2.75, 3.05) is 13.1 Å². The monoisotopic (exact) mass is 402 g/mol. The standard InChI is InChI=1S/C26H30N2O2/c1-25(2,3)30-24(29)27-19-20-28-26(21-13-7-4-8-14-21,22-15-9-5-10-16-22)23-17-11-6-12-18-23/h4-18,28H,19-20H2,1-3H3,(H,27,29). The van der Waals surface area contributed by atoms with Crippen molar-refractivity contribution in [3.8, 4) is 0 Å². The van der Waals surface area contributed by atoms with Crippen molar-refractivity contribution in [3.05, 3.63) is 108 Å². The Morgan fingerprint density at radius 3 is 1.47 bits per heavy atom. The second-order valence-corrected chi connectivity index (χ2v) is 8.20. The van der Waals surface area contributed by atoms with Gasteiger partial charge in [-0.2, -0.15) is 0 Å². The van der Waals surface area contributed by atoms with Gasteiger partial charge >= 0.3 is 6.09 Å². The van der Waals surface area contributed by atoms with E-state index in [1.54, 1.807) is 0 Å². The molecule has 3 rings (SSSR count). The van der Waals surface area contributed by atoms with E-state index in [1.165, 1.54) is 0 Å². The number of carbonyl (C=O) groups excluding carboxylic acids is 1. The minimum absolute atomic E-state index is 0.408. The number of ether oxygens (including phenoxy) is 1. The maximum atomic E-state index is 12.0. The number of benzene rings is 3. The number of rotatable bonds is 7. The summed E-state index contributed by atoms with van der Waals surface area (Å²) in [4.78, 5) is 12.0. The number of nitrogens with one attached hydrogen (secondary N) is 2. The lowest BCUT2D eigenvalue weighted by molar-refractivity contribution is 0.0527. The van der Waals surface area contributed by atoms with Crippen LogP contribution in [0.4, 0.5) is 4.79 Å². The molecule has 0 radical (unpaired) electrons. The van der Waals surface area contributed by atoms with Crippen LogP contribution in [0, 0.1) is 0 Å². The maximum Gasteiger partial charge on any atom is 0.407 e. The van der Waals surface area contributed by atoms with Gasteiger partial charge in [0.15, 0.2) is 0 Å². The Morgan fingerprint density at radius 2 is 1.10 bits per heavy atom. The molecule has 156 valence electrons. The minimum Gasteiger partial charge on any atom is -0.444 e. The summed E-state index contributed by atoms with van der Waals surface area (Å²) in [6.07, 6.45) is -0.408. The van der Waals surface area contributed by atoms with Crippen molar-refractivity contribution in [1.29, 1.82) is 0 Å². The number of hydrogen-bond donors (Lipinski definition) is 2. The van der Waals surface area contributed by atoms with E-state index in [2.05, 4.69) is 83.4 Å². The van der Waals surface area contributed by atoms with Crippen molar-refractivity contribution >= 4 is 6.09 Å². The molecule has 0 unspecified atom stereocenters. The molecular formula is C26H30N2O2. The minimum atomic E-state index is -0.542. The molecule has 2 N–H and O–H groups in total. The summed E-state index contributed by atoms with van der Waals surface area (Å²) in [5.74, 6) is 0. The van der Waals surface area contributed by atoms with Crippen LogP contribution >= 0.6 is 0 Å². The van der Waals surface area contributed by atoms with Crippen LogP contribution in [0.15, 0.2) is 91.0 Å². The van der Waals surface area contributed by atoms with Crippen molar-refractivity contribution < 1.29 is 9.53 Å². The topological polar surface area (TPSA) is 50.4 Å². The third-order valence-electron chi connectivity index (χ3n) is 4.80. The largest absolute Gasteiger partial charge is 0.444 e.